The molecular weight excluding hydrogens is 374 g/mol. The van der Waals surface area contributed by atoms with Crippen LogP contribution >= 0.6 is 22.9 Å². The molecule has 0 aliphatic heterocycles. The van der Waals surface area contributed by atoms with Crippen LogP contribution < -0.4 is 16.6 Å². The van der Waals surface area contributed by atoms with Crippen molar-refractivity contribution in [2.45, 2.75) is 33.0 Å². The van der Waals surface area contributed by atoms with Gasteiger partial charge in [-0.05, 0) is 36.9 Å². The lowest BCUT2D eigenvalue weighted by atomic mass is 10.2. The zero-order valence-electron chi connectivity index (χ0n) is 14.4. The van der Waals surface area contributed by atoms with Crippen LogP contribution in [0.3, 0.4) is 0 Å². The third kappa shape index (κ3) is 3.59. The summed E-state index contributed by atoms with van der Waals surface area (Å²) in [5.74, 6) is -0.280. The van der Waals surface area contributed by atoms with Crippen molar-refractivity contribution >= 4 is 39.1 Å². The Labute approximate surface area is 158 Å². The van der Waals surface area contributed by atoms with Gasteiger partial charge in [0, 0.05) is 11.1 Å². The van der Waals surface area contributed by atoms with Gasteiger partial charge in [0.15, 0.2) is 0 Å². The Morgan fingerprint density at radius 1 is 1.19 bits per heavy atom. The maximum Gasteiger partial charge on any atom is 0.332 e. The topological polar surface area (TPSA) is 73.1 Å². The van der Waals surface area contributed by atoms with Gasteiger partial charge < -0.3 is 5.32 Å². The summed E-state index contributed by atoms with van der Waals surface area (Å²) in [5, 5.41) is 4.98. The highest BCUT2D eigenvalue weighted by Gasteiger charge is 2.17. The highest BCUT2D eigenvalue weighted by Crippen LogP contribution is 2.18. The maximum atomic E-state index is 12.9. The zero-order valence-corrected chi connectivity index (χ0v) is 15.9. The van der Waals surface area contributed by atoms with Gasteiger partial charge in [0.1, 0.15) is 11.2 Å². The molecule has 26 heavy (non-hydrogen) atoms. The molecule has 6 nitrogen and oxygen atoms in total. The molecule has 8 heteroatoms. The van der Waals surface area contributed by atoms with E-state index in [2.05, 4.69) is 5.32 Å². The first-order valence-corrected chi connectivity index (χ1v) is 9.38. The summed E-state index contributed by atoms with van der Waals surface area (Å²) in [5.41, 5.74) is 0.238. The number of aromatic nitrogens is 2. The minimum absolute atomic E-state index is 0.0369. The van der Waals surface area contributed by atoms with Crippen molar-refractivity contribution in [2.75, 3.05) is 0 Å². The van der Waals surface area contributed by atoms with E-state index < -0.39 is 5.69 Å². The predicted octanol–water partition coefficient (Wildman–Crippen LogP) is 2.45. The van der Waals surface area contributed by atoms with Crippen LogP contribution in [-0.2, 0) is 17.9 Å². The molecule has 0 unspecified atom stereocenters. The predicted molar refractivity (Wildman–Crippen MR) is 104 cm³/mol. The van der Waals surface area contributed by atoms with Gasteiger partial charge in [-0.2, -0.15) is 0 Å². The van der Waals surface area contributed by atoms with Crippen LogP contribution in [0.4, 0.5) is 0 Å². The molecule has 0 saturated carbocycles. The number of rotatable bonds is 5. The van der Waals surface area contributed by atoms with Crippen molar-refractivity contribution in [1.29, 1.82) is 0 Å². The van der Waals surface area contributed by atoms with Gasteiger partial charge in [0.25, 0.3) is 5.56 Å². The summed E-state index contributed by atoms with van der Waals surface area (Å²) in [6, 6.07) is 8.70. The molecule has 1 aromatic carbocycles. The van der Waals surface area contributed by atoms with Crippen LogP contribution in [0.25, 0.3) is 10.2 Å². The van der Waals surface area contributed by atoms with E-state index in [1.165, 1.54) is 15.9 Å². The van der Waals surface area contributed by atoms with E-state index in [9.17, 15) is 14.4 Å². The van der Waals surface area contributed by atoms with Gasteiger partial charge in [-0.1, -0.05) is 29.8 Å². The number of amides is 1. The van der Waals surface area contributed by atoms with E-state index in [1.54, 1.807) is 35.7 Å². The summed E-state index contributed by atoms with van der Waals surface area (Å²) in [7, 11) is 0. The smallest absolute Gasteiger partial charge is 0.332 e. The second kappa shape index (κ2) is 7.47. The monoisotopic (exact) mass is 391 g/mol. The molecule has 3 rings (SSSR count). The lowest BCUT2D eigenvalue weighted by molar-refractivity contribution is -0.122. The fourth-order valence-corrected chi connectivity index (χ4v) is 3.77. The summed E-state index contributed by atoms with van der Waals surface area (Å²) in [4.78, 5) is 37.9. The van der Waals surface area contributed by atoms with Gasteiger partial charge in [-0.25, -0.2) is 4.79 Å². The van der Waals surface area contributed by atoms with Crippen LogP contribution in [-0.4, -0.2) is 21.1 Å². The molecule has 2 aromatic heterocycles. The molecule has 0 atom stereocenters. The Morgan fingerprint density at radius 3 is 2.62 bits per heavy atom. The van der Waals surface area contributed by atoms with Crippen LogP contribution in [0.1, 0.15) is 19.4 Å². The molecule has 2 heterocycles. The fourth-order valence-electron chi connectivity index (χ4n) is 2.73. The molecule has 0 spiro atoms. The highest BCUT2D eigenvalue weighted by atomic mass is 35.5. The molecule has 0 aliphatic carbocycles. The van der Waals surface area contributed by atoms with Crippen molar-refractivity contribution < 1.29 is 4.79 Å². The third-order valence-electron chi connectivity index (χ3n) is 3.87. The van der Waals surface area contributed by atoms with E-state index in [0.717, 1.165) is 4.57 Å². The molecule has 0 radical (unpaired) electrons. The first kappa shape index (κ1) is 18.4. The average Bonchev–Trinajstić information content (AvgIpc) is 3.06. The van der Waals surface area contributed by atoms with Crippen molar-refractivity contribution in [3.05, 3.63) is 67.1 Å². The number of benzene rings is 1. The van der Waals surface area contributed by atoms with Gasteiger partial charge in [-0.15, -0.1) is 11.3 Å². The minimum Gasteiger partial charge on any atom is -0.352 e. The number of halogens is 1. The number of thiophene rings is 1. The van der Waals surface area contributed by atoms with Crippen LogP contribution in [0, 0.1) is 0 Å². The summed E-state index contributed by atoms with van der Waals surface area (Å²) >= 11 is 7.42. The Bertz CT molecular complexity index is 1080. The van der Waals surface area contributed by atoms with Crippen molar-refractivity contribution in [3.8, 4) is 0 Å². The summed E-state index contributed by atoms with van der Waals surface area (Å²) in [6.45, 7) is 3.60. The molecule has 0 bridgehead atoms. The third-order valence-corrected chi connectivity index (χ3v) is 5.13. The number of fused-ring (bicyclic) bond motifs is 1. The van der Waals surface area contributed by atoms with Gasteiger partial charge in [0.05, 0.1) is 12.1 Å². The first-order valence-electron chi connectivity index (χ1n) is 8.12. The van der Waals surface area contributed by atoms with E-state index in [-0.39, 0.29) is 30.6 Å². The van der Waals surface area contributed by atoms with E-state index in [4.69, 9.17) is 11.6 Å². The number of hydrogen-bond acceptors (Lipinski definition) is 4. The Kier molecular flexibility index (Phi) is 5.29. The molecule has 0 fully saturated rings. The number of carbonyl (C=O) groups is 1. The second-order valence-corrected chi connectivity index (χ2v) is 7.53. The van der Waals surface area contributed by atoms with E-state index in [0.29, 0.717) is 20.8 Å². The van der Waals surface area contributed by atoms with Crippen LogP contribution in [0.5, 0.6) is 0 Å². The number of carbonyl (C=O) groups excluding carboxylic acids is 1. The van der Waals surface area contributed by atoms with Crippen LogP contribution in [0.2, 0.25) is 5.02 Å². The quantitative estimate of drug-likeness (QED) is 0.726. The maximum absolute atomic E-state index is 12.9. The first-order chi connectivity index (χ1) is 12.4. The van der Waals surface area contributed by atoms with Crippen molar-refractivity contribution in [2.24, 2.45) is 0 Å². The lowest BCUT2D eigenvalue weighted by Crippen LogP contribution is -2.43. The molecule has 0 aliphatic rings. The zero-order chi connectivity index (χ0) is 18.8. The molecule has 1 N–H and O–H groups in total. The lowest BCUT2D eigenvalue weighted by Gasteiger charge is -2.14. The number of nitrogens with zero attached hydrogens (tertiary/aromatic N) is 2. The normalized spacial score (nSPS) is 11.2. The Balaban J connectivity index is 2.12. The average molecular weight is 392 g/mol. The highest BCUT2D eigenvalue weighted by molar-refractivity contribution is 7.17. The van der Waals surface area contributed by atoms with E-state index >= 15 is 0 Å². The molecule has 0 saturated heterocycles. The SMILES string of the molecule is CC(C)NC(=O)Cn1c(=O)n(Cc2ccccc2Cl)c(=O)c2sccc21. The van der Waals surface area contributed by atoms with E-state index in [1.807, 2.05) is 13.8 Å². The Hall–Kier alpha value is -2.38. The summed E-state index contributed by atoms with van der Waals surface area (Å²) < 4.78 is 2.90. The van der Waals surface area contributed by atoms with Gasteiger partial charge in [0.2, 0.25) is 5.91 Å². The van der Waals surface area contributed by atoms with Crippen LogP contribution in [0.15, 0.2) is 45.3 Å². The largest absolute Gasteiger partial charge is 0.352 e. The summed E-state index contributed by atoms with van der Waals surface area (Å²) in [6.07, 6.45) is 0. The second-order valence-electron chi connectivity index (χ2n) is 6.21. The molecule has 1 amide bonds. The van der Waals surface area contributed by atoms with Gasteiger partial charge >= 0.3 is 5.69 Å². The standard InChI is InChI=1S/C18H18ClN3O3S/c1-11(2)20-15(23)10-21-14-7-8-26-16(14)17(24)22(18(21)25)9-12-5-3-4-6-13(12)19/h3-8,11H,9-10H2,1-2H3,(H,20,23). The van der Waals surface area contributed by atoms with Crippen molar-refractivity contribution in [3.63, 3.8) is 0 Å². The van der Waals surface area contributed by atoms with Crippen molar-refractivity contribution in [1.82, 2.24) is 14.5 Å². The molecular formula is C18H18ClN3O3S. The molecule has 136 valence electrons. The fraction of sp³-hybridized carbons (Fsp3) is 0.278. The minimum atomic E-state index is -0.528. The Morgan fingerprint density at radius 2 is 1.92 bits per heavy atom. The number of nitrogens with one attached hydrogen (secondary N) is 1. The number of hydrogen-bond donors (Lipinski definition) is 1. The molecule has 3 aromatic rings. The van der Waals surface area contributed by atoms with Gasteiger partial charge in [-0.3, -0.25) is 18.7 Å².